The SMILES string of the molecule is CCCCCCCCCCCCCCCCCCCCCC(=O)N[C@@H](CCC(=O)[O-])C(=O)[O-].[Na+].[Na+]. The van der Waals surface area contributed by atoms with Crippen LogP contribution in [0, 0.1) is 0 Å². The molecule has 0 radical (unpaired) electrons. The molecule has 0 aliphatic heterocycles. The Hall–Kier alpha value is 0.410. The molecule has 0 aliphatic carbocycles. The van der Waals surface area contributed by atoms with Gasteiger partial charge in [0.25, 0.3) is 0 Å². The quantitative estimate of drug-likeness (QED) is 0.119. The van der Waals surface area contributed by atoms with Crippen LogP contribution in [0.3, 0.4) is 0 Å². The topological polar surface area (TPSA) is 109 Å². The van der Waals surface area contributed by atoms with Crippen molar-refractivity contribution in [2.45, 2.75) is 154 Å². The van der Waals surface area contributed by atoms with E-state index in [4.69, 9.17) is 0 Å². The van der Waals surface area contributed by atoms with Crippen LogP contribution in [-0.2, 0) is 14.4 Å². The second kappa shape index (κ2) is 30.6. The Morgan fingerprint density at radius 3 is 1.23 bits per heavy atom. The molecule has 1 atom stereocenters. The first-order chi connectivity index (χ1) is 16.0. The molecule has 0 fully saturated rings. The zero-order valence-corrected chi connectivity index (χ0v) is 27.2. The molecule has 1 amide bonds. The van der Waals surface area contributed by atoms with Gasteiger partial charge in [-0.3, -0.25) is 4.79 Å². The summed E-state index contributed by atoms with van der Waals surface area (Å²) in [5.41, 5.74) is 0. The smallest absolute Gasteiger partial charge is 0.550 e. The minimum atomic E-state index is -1.46. The fraction of sp³-hybridized carbons (Fsp3) is 0.889. The standard InChI is InChI=1S/C27H51NO5.2Na/c1-2-3-4-5-6-7-8-9-10-11-12-13-14-15-16-17-18-19-20-21-25(29)28-24(27(32)33)22-23-26(30)31;;/h24H,2-23H2,1H3,(H,28,29)(H,30,31)(H,32,33);;/q;2*+1/p-2/t24-;;/m0../s1. The van der Waals surface area contributed by atoms with E-state index in [1.54, 1.807) is 0 Å². The molecule has 0 rings (SSSR count). The number of carboxylic acids is 2. The van der Waals surface area contributed by atoms with Crippen molar-refractivity contribution >= 4 is 17.8 Å². The number of carbonyl (C=O) groups is 3. The third-order valence-corrected chi connectivity index (χ3v) is 6.26. The van der Waals surface area contributed by atoms with Crippen LogP contribution in [0.2, 0.25) is 0 Å². The summed E-state index contributed by atoms with van der Waals surface area (Å²) in [5.74, 6) is -3.17. The molecule has 1 N–H and O–H groups in total. The van der Waals surface area contributed by atoms with Gasteiger partial charge in [-0.15, -0.1) is 0 Å². The van der Waals surface area contributed by atoms with Crippen molar-refractivity contribution < 1.29 is 83.7 Å². The normalized spacial score (nSPS) is 11.2. The van der Waals surface area contributed by atoms with Gasteiger partial charge in [-0.25, -0.2) is 0 Å². The van der Waals surface area contributed by atoms with Crippen LogP contribution in [0.5, 0.6) is 0 Å². The van der Waals surface area contributed by atoms with Gasteiger partial charge in [0.05, 0.1) is 12.0 Å². The summed E-state index contributed by atoms with van der Waals surface area (Å²) in [7, 11) is 0. The predicted molar refractivity (Wildman–Crippen MR) is 129 cm³/mol. The van der Waals surface area contributed by atoms with Gasteiger partial charge in [-0.2, -0.15) is 0 Å². The molecule has 0 aliphatic rings. The maximum absolute atomic E-state index is 11.8. The third kappa shape index (κ3) is 30.5. The Kier molecular flexibility index (Phi) is 34.9. The Bertz CT molecular complexity index is 506. The number of carbonyl (C=O) groups excluding carboxylic acids is 3. The van der Waals surface area contributed by atoms with Gasteiger partial charge >= 0.3 is 59.1 Å². The maximum atomic E-state index is 11.8. The van der Waals surface area contributed by atoms with Crippen molar-refractivity contribution in [3.63, 3.8) is 0 Å². The number of nitrogens with one attached hydrogen (secondary N) is 1. The van der Waals surface area contributed by atoms with Crippen molar-refractivity contribution in [3.05, 3.63) is 0 Å². The van der Waals surface area contributed by atoms with Gasteiger partial charge in [0, 0.05) is 12.4 Å². The minimum Gasteiger partial charge on any atom is -0.550 e. The average Bonchev–Trinajstić information content (AvgIpc) is 2.77. The second-order valence-electron chi connectivity index (χ2n) is 9.46. The van der Waals surface area contributed by atoms with E-state index in [-0.39, 0.29) is 77.9 Å². The summed E-state index contributed by atoms with van der Waals surface area (Å²) in [5, 5.41) is 23.7. The molecular formula is C27H49NNa2O5. The molecule has 0 saturated heterocycles. The number of hydrogen-bond acceptors (Lipinski definition) is 5. The first-order valence-electron chi connectivity index (χ1n) is 13.7. The van der Waals surface area contributed by atoms with E-state index in [0.717, 1.165) is 12.8 Å². The summed E-state index contributed by atoms with van der Waals surface area (Å²) in [6.45, 7) is 2.27. The predicted octanol–water partition coefficient (Wildman–Crippen LogP) is -1.42. The first kappa shape index (κ1) is 39.9. The van der Waals surface area contributed by atoms with Crippen molar-refractivity contribution in [3.8, 4) is 0 Å². The van der Waals surface area contributed by atoms with E-state index in [2.05, 4.69) is 12.2 Å². The van der Waals surface area contributed by atoms with Crippen LogP contribution < -0.4 is 74.6 Å². The van der Waals surface area contributed by atoms with E-state index < -0.39 is 24.4 Å². The summed E-state index contributed by atoms with van der Waals surface area (Å²) >= 11 is 0. The number of unbranched alkanes of at least 4 members (excludes halogenated alkanes) is 18. The Labute approximate surface area is 259 Å². The van der Waals surface area contributed by atoms with E-state index in [9.17, 15) is 24.6 Å². The maximum Gasteiger partial charge on any atom is 1.00 e. The number of amides is 1. The van der Waals surface area contributed by atoms with Crippen LogP contribution in [-0.4, -0.2) is 23.9 Å². The van der Waals surface area contributed by atoms with Gasteiger partial charge in [0.15, 0.2) is 0 Å². The molecule has 0 aromatic carbocycles. The summed E-state index contributed by atoms with van der Waals surface area (Å²) in [4.78, 5) is 33.2. The molecule has 35 heavy (non-hydrogen) atoms. The van der Waals surface area contributed by atoms with E-state index >= 15 is 0 Å². The molecule has 0 unspecified atom stereocenters. The number of hydrogen-bond donors (Lipinski definition) is 1. The second-order valence-corrected chi connectivity index (χ2v) is 9.46. The van der Waals surface area contributed by atoms with Crippen LogP contribution in [0.25, 0.3) is 0 Å². The van der Waals surface area contributed by atoms with Gasteiger partial charge in [0.2, 0.25) is 5.91 Å². The molecule has 0 aromatic rings. The Morgan fingerprint density at radius 2 is 0.914 bits per heavy atom. The molecule has 0 heterocycles. The average molecular weight is 514 g/mol. The van der Waals surface area contributed by atoms with Gasteiger partial charge < -0.3 is 25.1 Å². The largest absolute Gasteiger partial charge is 1.00 e. The number of carboxylic acid groups (broad SMARTS) is 2. The molecular weight excluding hydrogens is 464 g/mol. The van der Waals surface area contributed by atoms with Crippen molar-refractivity contribution in [1.29, 1.82) is 0 Å². The number of aliphatic carboxylic acids is 2. The number of rotatable bonds is 25. The third-order valence-electron chi connectivity index (χ3n) is 6.26. The monoisotopic (exact) mass is 513 g/mol. The van der Waals surface area contributed by atoms with Crippen LogP contribution in [0.15, 0.2) is 0 Å². The van der Waals surface area contributed by atoms with Crippen molar-refractivity contribution in [2.24, 2.45) is 0 Å². The van der Waals surface area contributed by atoms with Crippen molar-refractivity contribution in [2.75, 3.05) is 0 Å². The summed E-state index contributed by atoms with van der Waals surface area (Å²) < 4.78 is 0. The van der Waals surface area contributed by atoms with Crippen molar-refractivity contribution in [1.82, 2.24) is 5.32 Å². The molecule has 0 spiro atoms. The Balaban J connectivity index is -0.00000512. The fourth-order valence-electron chi connectivity index (χ4n) is 4.14. The van der Waals surface area contributed by atoms with E-state index in [1.807, 2.05) is 0 Å². The first-order valence-corrected chi connectivity index (χ1v) is 13.7. The molecule has 0 saturated carbocycles. The van der Waals surface area contributed by atoms with Crippen LogP contribution >= 0.6 is 0 Å². The van der Waals surface area contributed by atoms with Gasteiger partial charge in [-0.1, -0.05) is 122 Å². The summed E-state index contributed by atoms with van der Waals surface area (Å²) in [6, 6.07) is -1.27. The van der Waals surface area contributed by atoms with Crippen LogP contribution in [0.1, 0.15) is 148 Å². The molecule has 8 heteroatoms. The molecule has 194 valence electrons. The van der Waals surface area contributed by atoms with Gasteiger partial charge in [-0.05, 0) is 19.3 Å². The zero-order chi connectivity index (χ0) is 24.6. The van der Waals surface area contributed by atoms with Gasteiger partial charge in [0.1, 0.15) is 0 Å². The zero-order valence-electron chi connectivity index (χ0n) is 23.2. The van der Waals surface area contributed by atoms with E-state index in [0.29, 0.717) is 6.42 Å². The summed E-state index contributed by atoms with van der Waals surface area (Å²) in [6.07, 6.45) is 24.1. The fourth-order valence-corrected chi connectivity index (χ4v) is 4.14. The van der Waals surface area contributed by atoms with Crippen LogP contribution in [0.4, 0.5) is 0 Å². The molecule has 0 bridgehead atoms. The molecule has 0 aromatic heterocycles. The molecule has 6 nitrogen and oxygen atoms in total. The Morgan fingerprint density at radius 1 is 0.571 bits per heavy atom. The van der Waals surface area contributed by atoms with E-state index in [1.165, 1.54) is 103 Å². The minimum absolute atomic E-state index is 0.